The highest BCUT2D eigenvalue weighted by atomic mass is 32.2. The molecule has 0 aliphatic carbocycles. The molecule has 1 heterocycles. The van der Waals surface area contributed by atoms with Crippen molar-refractivity contribution < 1.29 is 4.79 Å². The van der Waals surface area contributed by atoms with Crippen LogP contribution < -0.4 is 11.1 Å². The molecule has 0 bridgehead atoms. The number of piperidine rings is 1. The van der Waals surface area contributed by atoms with Gasteiger partial charge in [-0.1, -0.05) is 0 Å². The lowest BCUT2D eigenvalue weighted by molar-refractivity contribution is -0.122. The molecule has 0 radical (unpaired) electrons. The van der Waals surface area contributed by atoms with E-state index in [4.69, 9.17) is 5.73 Å². The number of hydrogen-bond donors (Lipinski definition) is 2. The van der Waals surface area contributed by atoms with Crippen LogP contribution in [0.4, 0.5) is 0 Å². The van der Waals surface area contributed by atoms with Crippen molar-refractivity contribution in [2.45, 2.75) is 37.5 Å². The minimum atomic E-state index is 0.111. The zero-order valence-electron chi connectivity index (χ0n) is 11.2. The maximum Gasteiger partial charge on any atom is 0.234 e. The average molecular weight is 259 g/mol. The first-order chi connectivity index (χ1) is 7.93. The van der Waals surface area contributed by atoms with Crippen molar-refractivity contribution >= 4 is 17.7 Å². The molecule has 1 amide bonds. The molecular weight excluding hydrogens is 234 g/mol. The third-order valence-corrected chi connectivity index (χ3v) is 4.51. The quantitative estimate of drug-likeness (QED) is 0.762. The highest BCUT2D eigenvalue weighted by Crippen LogP contribution is 2.19. The predicted molar refractivity (Wildman–Crippen MR) is 74.3 cm³/mol. The number of carbonyl (C=O) groups excluding carboxylic acids is 1. The minimum absolute atomic E-state index is 0.111. The van der Waals surface area contributed by atoms with Crippen LogP contribution in [-0.4, -0.2) is 54.0 Å². The molecule has 0 spiro atoms. The number of rotatable bonds is 5. The molecule has 3 N–H and O–H groups in total. The summed E-state index contributed by atoms with van der Waals surface area (Å²) in [7, 11) is 0. The smallest absolute Gasteiger partial charge is 0.234 e. The number of carbonyl (C=O) groups is 1. The Bertz CT molecular complexity index is 250. The molecule has 0 aromatic heterocycles. The van der Waals surface area contributed by atoms with Crippen molar-refractivity contribution in [1.29, 1.82) is 0 Å². The molecule has 100 valence electrons. The Labute approximate surface area is 109 Å². The molecule has 0 aromatic carbocycles. The summed E-state index contributed by atoms with van der Waals surface area (Å²) in [4.78, 5) is 13.9. The van der Waals surface area contributed by atoms with Crippen molar-refractivity contribution in [2.75, 3.05) is 32.4 Å². The van der Waals surface area contributed by atoms with E-state index in [1.165, 1.54) is 0 Å². The fourth-order valence-corrected chi connectivity index (χ4v) is 1.97. The van der Waals surface area contributed by atoms with Crippen LogP contribution in [0.5, 0.6) is 0 Å². The lowest BCUT2D eigenvalue weighted by Crippen LogP contribution is -2.46. The average Bonchev–Trinajstić information content (AvgIpc) is 2.30. The Morgan fingerprint density at radius 2 is 2.06 bits per heavy atom. The topological polar surface area (TPSA) is 58.4 Å². The van der Waals surface area contributed by atoms with Gasteiger partial charge in [-0.15, -0.1) is 0 Å². The Hall–Kier alpha value is -0.260. The first-order valence-corrected chi connectivity index (χ1v) is 7.45. The molecule has 4 nitrogen and oxygen atoms in total. The van der Waals surface area contributed by atoms with Crippen LogP contribution >= 0.6 is 11.8 Å². The van der Waals surface area contributed by atoms with E-state index in [-0.39, 0.29) is 10.7 Å². The van der Waals surface area contributed by atoms with Gasteiger partial charge in [-0.05, 0) is 32.9 Å². The number of likely N-dealkylation sites (tertiary alicyclic amines) is 1. The van der Waals surface area contributed by atoms with Gasteiger partial charge in [-0.3, -0.25) is 9.69 Å². The Kier molecular flexibility index (Phi) is 5.76. The monoisotopic (exact) mass is 259 g/mol. The number of thioether (sulfide) groups is 1. The third kappa shape index (κ3) is 5.75. The largest absolute Gasteiger partial charge is 0.354 e. The van der Waals surface area contributed by atoms with Gasteiger partial charge in [0.1, 0.15) is 0 Å². The molecule has 5 heteroatoms. The number of hydrogen-bond acceptors (Lipinski definition) is 4. The van der Waals surface area contributed by atoms with E-state index in [1.54, 1.807) is 11.8 Å². The summed E-state index contributed by atoms with van der Waals surface area (Å²) >= 11 is 1.77. The summed E-state index contributed by atoms with van der Waals surface area (Å²) in [5.41, 5.74) is 5.83. The molecule has 1 saturated heterocycles. The van der Waals surface area contributed by atoms with Crippen LogP contribution in [-0.2, 0) is 4.79 Å². The van der Waals surface area contributed by atoms with Gasteiger partial charge in [0.2, 0.25) is 5.91 Å². The van der Waals surface area contributed by atoms with Gasteiger partial charge in [-0.25, -0.2) is 0 Å². The second kappa shape index (κ2) is 6.61. The van der Waals surface area contributed by atoms with Crippen molar-refractivity contribution in [2.24, 2.45) is 5.73 Å². The SMILES string of the molecule is CSC(C)(C)CNC(=O)CN1CCC(N)CC1. The van der Waals surface area contributed by atoms with Crippen LogP contribution in [0.2, 0.25) is 0 Å². The highest BCUT2D eigenvalue weighted by molar-refractivity contribution is 7.99. The Morgan fingerprint density at radius 1 is 1.47 bits per heavy atom. The molecule has 0 unspecified atom stereocenters. The van der Waals surface area contributed by atoms with E-state index in [2.05, 4.69) is 30.3 Å². The van der Waals surface area contributed by atoms with Crippen LogP contribution in [0.15, 0.2) is 0 Å². The van der Waals surface area contributed by atoms with E-state index >= 15 is 0 Å². The molecule has 0 atom stereocenters. The summed E-state index contributed by atoms with van der Waals surface area (Å²) in [6.45, 7) is 7.40. The standard InChI is InChI=1S/C12H25N3OS/c1-12(2,17-3)9-14-11(16)8-15-6-4-10(13)5-7-15/h10H,4-9,13H2,1-3H3,(H,14,16). The van der Waals surface area contributed by atoms with Gasteiger partial charge in [0.25, 0.3) is 0 Å². The van der Waals surface area contributed by atoms with E-state index in [0.29, 0.717) is 12.6 Å². The normalized spacial score (nSPS) is 19.3. The fourth-order valence-electron chi connectivity index (χ4n) is 1.75. The maximum atomic E-state index is 11.8. The summed E-state index contributed by atoms with van der Waals surface area (Å²) in [5.74, 6) is 0.127. The second-order valence-electron chi connectivity index (χ2n) is 5.35. The molecule has 17 heavy (non-hydrogen) atoms. The second-order valence-corrected chi connectivity index (χ2v) is 6.87. The first-order valence-electron chi connectivity index (χ1n) is 6.23. The van der Waals surface area contributed by atoms with E-state index in [1.807, 2.05) is 0 Å². The van der Waals surface area contributed by atoms with Gasteiger partial charge < -0.3 is 11.1 Å². The molecule has 1 rings (SSSR count). The molecule has 0 aromatic rings. The van der Waals surface area contributed by atoms with Crippen molar-refractivity contribution in [3.63, 3.8) is 0 Å². The number of nitrogens with zero attached hydrogens (tertiary/aromatic N) is 1. The van der Waals surface area contributed by atoms with Crippen molar-refractivity contribution in [3.05, 3.63) is 0 Å². The Balaban J connectivity index is 2.21. The van der Waals surface area contributed by atoms with E-state index in [0.717, 1.165) is 32.5 Å². The molecule has 1 aliphatic rings. The Morgan fingerprint density at radius 3 is 2.59 bits per heavy atom. The van der Waals surface area contributed by atoms with Gasteiger partial charge >= 0.3 is 0 Å². The molecule has 0 saturated carbocycles. The first kappa shape index (κ1) is 14.8. The minimum Gasteiger partial charge on any atom is -0.354 e. The number of nitrogens with one attached hydrogen (secondary N) is 1. The highest BCUT2D eigenvalue weighted by Gasteiger charge is 2.20. The zero-order valence-corrected chi connectivity index (χ0v) is 12.0. The molecule has 1 fully saturated rings. The van der Waals surface area contributed by atoms with Crippen LogP contribution in [0.3, 0.4) is 0 Å². The van der Waals surface area contributed by atoms with Gasteiger partial charge in [-0.2, -0.15) is 11.8 Å². The lowest BCUT2D eigenvalue weighted by Gasteiger charge is -2.30. The summed E-state index contributed by atoms with van der Waals surface area (Å²) < 4.78 is 0.111. The van der Waals surface area contributed by atoms with Crippen LogP contribution in [0.25, 0.3) is 0 Å². The fraction of sp³-hybridized carbons (Fsp3) is 0.917. The van der Waals surface area contributed by atoms with Crippen LogP contribution in [0.1, 0.15) is 26.7 Å². The number of nitrogens with two attached hydrogens (primary N) is 1. The van der Waals surface area contributed by atoms with Crippen molar-refractivity contribution in [3.8, 4) is 0 Å². The summed E-state index contributed by atoms with van der Waals surface area (Å²) in [6, 6.07) is 0.324. The lowest BCUT2D eigenvalue weighted by atomic mass is 10.1. The van der Waals surface area contributed by atoms with E-state index < -0.39 is 0 Å². The van der Waals surface area contributed by atoms with Gasteiger partial charge in [0.15, 0.2) is 0 Å². The molecular formula is C12H25N3OS. The van der Waals surface area contributed by atoms with Crippen molar-refractivity contribution in [1.82, 2.24) is 10.2 Å². The van der Waals surface area contributed by atoms with Crippen LogP contribution in [0, 0.1) is 0 Å². The number of amides is 1. The summed E-state index contributed by atoms with van der Waals surface area (Å²) in [6.07, 6.45) is 4.07. The van der Waals surface area contributed by atoms with E-state index in [9.17, 15) is 4.79 Å². The molecule has 1 aliphatic heterocycles. The van der Waals surface area contributed by atoms with Gasteiger partial charge in [0, 0.05) is 30.4 Å². The zero-order chi connectivity index (χ0) is 12.9. The third-order valence-electron chi connectivity index (χ3n) is 3.26. The maximum absolute atomic E-state index is 11.8. The predicted octanol–water partition coefficient (Wildman–Crippen LogP) is 0.667. The summed E-state index contributed by atoms with van der Waals surface area (Å²) in [5, 5.41) is 3.00. The van der Waals surface area contributed by atoms with Gasteiger partial charge in [0.05, 0.1) is 6.54 Å².